The molecule has 0 bridgehead atoms. The minimum atomic E-state index is 0. The molecule has 6 heteroatoms. The van der Waals surface area contributed by atoms with Gasteiger partial charge in [0, 0.05) is 18.9 Å². The topological polar surface area (TPSA) is 68.2 Å². The summed E-state index contributed by atoms with van der Waals surface area (Å²) >= 11 is 0. The van der Waals surface area contributed by atoms with Crippen molar-refractivity contribution in [2.45, 2.75) is 13.5 Å². The molecular formula is C15H20IN5. The average molecular weight is 397 g/mol. The standard InChI is InChI=1S/C15H19N5.HI/c1-12(2)10-17-15(16)18-11-13-4-6-14(7-5-13)20-9-3-8-19-20;/h3-9H,1,10-11H2,2H3,(H3,16,17,18);1H. The Balaban J connectivity index is 0.00000220. The Hall–Kier alpha value is -1.83. The first-order valence-electron chi connectivity index (χ1n) is 6.42. The molecule has 0 aliphatic carbocycles. The van der Waals surface area contributed by atoms with E-state index in [4.69, 9.17) is 5.73 Å². The molecule has 2 aromatic rings. The normalized spacial score (nSPS) is 10.8. The van der Waals surface area contributed by atoms with Crippen molar-refractivity contribution in [2.24, 2.45) is 10.7 Å². The van der Waals surface area contributed by atoms with E-state index in [2.05, 4.69) is 22.0 Å². The molecule has 0 spiro atoms. The van der Waals surface area contributed by atoms with Crippen molar-refractivity contribution in [1.82, 2.24) is 15.1 Å². The molecule has 0 saturated carbocycles. The molecule has 5 nitrogen and oxygen atoms in total. The number of nitrogens with one attached hydrogen (secondary N) is 1. The summed E-state index contributed by atoms with van der Waals surface area (Å²) in [6.45, 7) is 6.93. The lowest BCUT2D eigenvalue weighted by Gasteiger charge is -2.05. The molecule has 112 valence electrons. The van der Waals surface area contributed by atoms with Crippen LogP contribution >= 0.6 is 24.0 Å². The van der Waals surface area contributed by atoms with Crippen LogP contribution in [0.5, 0.6) is 0 Å². The van der Waals surface area contributed by atoms with Gasteiger partial charge in [0.2, 0.25) is 0 Å². The van der Waals surface area contributed by atoms with Crippen molar-refractivity contribution in [2.75, 3.05) is 6.54 Å². The second-order valence-electron chi connectivity index (χ2n) is 4.63. The minimum Gasteiger partial charge on any atom is -0.370 e. The summed E-state index contributed by atoms with van der Waals surface area (Å²) in [7, 11) is 0. The third kappa shape index (κ3) is 5.58. The Bertz CT molecular complexity index is 587. The number of hydrogen-bond acceptors (Lipinski definition) is 2. The number of nitrogens with zero attached hydrogens (tertiary/aromatic N) is 3. The van der Waals surface area contributed by atoms with Gasteiger partial charge in [-0.05, 0) is 30.7 Å². The Morgan fingerprint density at radius 3 is 2.67 bits per heavy atom. The number of guanidine groups is 1. The SMILES string of the molecule is C=C(C)CNC(N)=NCc1ccc(-n2cccn2)cc1.I. The molecule has 2 rings (SSSR count). The fraction of sp³-hybridized carbons (Fsp3) is 0.200. The molecule has 0 unspecified atom stereocenters. The van der Waals surface area contributed by atoms with Crippen LogP contribution in [0.4, 0.5) is 0 Å². The monoisotopic (exact) mass is 397 g/mol. The van der Waals surface area contributed by atoms with Gasteiger partial charge in [-0.15, -0.1) is 24.0 Å². The number of halogens is 1. The Labute approximate surface area is 142 Å². The predicted octanol–water partition coefficient (Wildman–Crippen LogP) is 2.47. The zero-order chi connectivity index (χ0) is 14.4. The third-order valence-corrected chi connectivity index (χ3v) is 2.71. The zero-order valence-corrected chi connectivity index (χ0v) is 14.3. The number of nitrogens with two attached hydrogens (primary N) is 1. The lowest BCUT2D eigenvalue weighted by molar-refractivity contribution is 0.878. The number of hydrogen-bond donors (Lipinski definition) is 2. The van der Waals surface area contributed by atoms with Gasteiger partial charge >= 0.3 is 0 Å². The van der Waals surface area contributed by atoms with Crippen LogP contribution in [0, 0.1) is 0 Å². The summed E-state index contributed by atoms with van der Waals surface area (Å²) in [5, 5.41) is 7.18. The lowest BCUT2D eigenvalue weighted by atomic mass is 10.2. The highest BCUT2D eigenvalue weighted by Crippen LogP contribution is 2.09. The summed E-state index contributed by atoms with van der Waals surface area (Å²) < 4.78 is 1.82. The summed E-state index contributed by atoms with van der Waals surface area (Å²) in [4.78, 5) is 4.28. The largest absolute Gasteiger partial charge is 0.370 e. The smallest absolute Gasteiger partial charge is 0.189 e. The molecule has 0 aliphatic rings. The predicted molar refractivity (Wildman–Crippen MR) is 97.1 cm³/mol. The van der Waals surface area contributed by atoms with Gasteiger partial charge in [0.1, 0.15) is 0 Å². The summed E-state index contributed by atoms with van der Waals surface area (Å²) in [6.07, 6.45) is 3.67. The maximum absolute atomic E-state index is 5.76. The molecule has 1 aromatic heterocycles. The van der Waals surface area contributed by atoms with E-state index >= 15 is 0 Å². The molecule has 1 heterocycles. The fourth-order valence-corrected chi connectivity index (χ4v) is 1.65. The molecule has 0 saturated heterocycles. The van der Waals surface area contributed by atoms with E-state index < -0.39 is 0 Å². The van der Waals surface area contributed by atoms with Crippen LogP contribution in [0.2, 0.25) is 0 Å². The quantitative estimate of drug-likeness (QED) is 0.353. The number of rotatable bonds is 5. The van der Waals surface area contributed by atoms with Crippen molar-refractivity contribution in [3.8, 4) is 5.69 Å². The lowest BCUT2D eigenvalue weighted by Crippen LogP contribution is -2.32. The highest BCUT2D eigenvalue weighted by molar-refractivity contribution is 14.0. The molecule has 21 heavy (non-hydrogen) atoms. The van der Waals surface area contributed by atoms with E-state index in [0.717, 1.165) is 16.8 Å². The molecule has 0 amide bonds. The number of benzene rings is 1. The first kappa shape index (κ1) is 17.2. The Kier molecular flexibility index (Phi) is 6.93. The van der Waals surface area contributed by atoms with Crippen molar-refractivity contribution >= 4 is 29.9 Å². The number of aliphatic imine (C=N–C) groups is 1. The van der Waals surface area contributed by atoms with E-state index in [0.29, 0.717) is 19.0 Å². The van der Waals surface area contributed by atoms with Crippen LogP contribution in [0.1, 0.15) is 12.5 Å². The first-order valence-corrected chi connectivity index (χ1v) is 6.42. The fourth-order valence-electron chi connectivity index (χ4n) is 1.65. The van der Waals surface area contributed by atoms with E-state index in [1.54, 1.807) is 6.20 Å². The Morgan fingerprint density at radius 1 is 1.38 bits per heavy atom. The van der Waals surface area contributed by atoms with Gasteiger partial charge < -0.3 is 11.1 Å². The van der Waals surface area contributed by atoms with E-state index in [1.165, 1.54) is 0 Å². The van der Waals surface area contributed by atoms with E-state index in [1.807, 2.05) is 48.1 Å². The van der Waals surface area contributed by atoms with Crippen molar-refractivity contribution in [1.29, 1.82) is 0 Å². The highest BCUT2D eigenvalue weighted by atomic mass is 127. The molecular weight excluding hydrogens is 377 g/mol. The van der Waals surface area contributed by atoms with E-state index in [9.17, 15) is 0 Å². The van der Waals surface area contributed by atoms with Crippen LogP contribution in [-0.2, 0) is 6.54 Å². The van der Waals surface area contributed by atoms with Gasteiger partial charge in [0.15, 0.2) is 5.96 Å². The molecule has 1 aromatic carbocycles. The average Bonchev–Trinajstić information content (AvgIpc) is 2.97. The van der Waals surface area contributed by atoms with E-state index in [-0.39, 0.29) is 24.0 Å². The van der Waals surface area contributed by atoms with Gasteiger partial charge in [-0.1, -0.05) is 24.3 Å². The molecule has 0 aliphatic heterocycles. The second-order valence-corrected chi connectivity index (χ2v) is 4.63. The van der Waals surface area contributed by atoms with Gasteiger partial charge in [-0.2, -0.15) is 5.10 Å². The second kappa shape index (κ2) is 8.46. The van der Waals surface area contributed by atoms with Gasteiger partial charge in [-0.3, -0.25) is 0 Å². The minimum absolute atomic E-state index is 0. The number of aromatic nitrogens is 2. The third-order valence-electron chi connectivity index (χ3n) is 2.71. The van der Waals surface area contributed by atoms with Crippen LogP contribution in [0.3, 0.4) is 0 Å². The summed E-state index contributed by atoms with van der Waals surface area (Å²) in [5.41, 5.74) is 8.90. The van der Waals surface area contributed by atoms with Crippen molar-refractivity contribution < 1.29 is 0 Å². The summed E-state index contributed by atoms with van der Waals surface area (Å²) in [6, 6.07) is 9.95. The molecule has 0 fully saturated rings. The zero-order valence-electron chi connectivity index (χ0n) is 12.0. The van der Waals surface area contributed by atoms with Crippen molar-refractivity contribution in [3.05, 3.63) is 60.4 Å². The van der Waals surface area contributed by atoms with Crippen LogP contribution in [0.15, 0.2) is 59.9 Å². The molecule has 0 radical (unpaired) electrons. The van der Waals surface area contributed by atoms with Gasteiger partial charge in [0.25, 0.3) is 0 Å². The van der Waals surface area contributed by atoms with Crippen LogP contribution in [-0.4, -0.2) is 22.3 Å². The summed E-state index contributed by atoms with van der Waals surface area (Å²) in [5.74, 6) is 0.434. The maximum atomic E-state index is 5.76. The first-order chi connectivity index (χ1) is 9.65. The highest BCUT2D eigenvalue weighted by Gasteiger charge is 1.97. The van der Waals surface area contributed by atoms with Crippen LogP contribution in [0.25, 0.3) is 5.69 Å². The van der Waals surface area contributed by atoms with Crippen molar-refractivity contribution in [3.63, 3.8) is 0 Å². The van der Waals surface area contributed by atoms with Gasteiger partial charge in [-0.25, -0.2) is 9.67 Å². The van der Waals surface area contributed by atoms with Crippen LogP contribution < -0.4 is 11.1 Å². The Morgan fingerprint density at radius 2 is 2.10 bits per heavy atom. The molecule has 0 atom stereocenters. The van der Waals surface area contributed by atoms with Gasteiger partial charge in [0.05, 0.1) is 12.2 Å². The molecule has 3 N–H and O–H groups in total. The maximum Gasteiger partial charge on any atom is 0.189 e.